The second kappa shape index (κ2) is 6.89. The van der Waals surface area contributed by atoms with Crippen molar-refractivity contribution >= 4 is 43.5 Å². The van der Waals surface area contributed by atoms with Crippen LogP contribution in [0.3, 0.4) is 0 Å². The molecule has 2 atom stereocenters. The second-order valence-electron chi connectivity index (χ2n) is 4.40. The molecule has 0 spiro atoms. The summed E-state index contributed by atoms with van der Waals surface area (Å²) < 4.78 is 27.0. The Morgan fingerprint density at radius 3 is 2.55 bits per heavy atom. The maximum absolute atomic E-state index is 12.3. The summed E-state index contributed by atoms with van der Waals surface area (Å²) in [7, 11) is -3.94. The number of aliphatic carboxylic acids is 1. The van der Waals surface area contributed by atoms with Crippen LogP contribution in [-0.2, 0) is 14.8 Å². The summed E-state index contributed by atoms with van der Waals surface area (Å²) in [6.45, 7) is 3.48. The largest absolute Gasteiger partial charge is 0.480 e. The maximum Gasteiger partial charge on any atom is 0.322 e. The van der Waals surface area contributed by atoms with Crippen molar-refractivity contribution in [3.8, 4) is 0 Å². The van der Waals surface area contributed by atoms with Gasteiger partial charge in [0.2, 0.25) is 10.0 Å². The third-order valence-corrected chi connectivity index (χ3v) is 5.60. The zero-order valence-electron chi connectivity index (χ0n) is 10.9. The Kier molecular flexibility index (Phi) is 6.00. The first-order chi connectivity index (χ1) is 9.19. The van der Waals surface area contributed by atoms with Crippen molar-refractivity contribution in [3.05, 3.63) is 27.7 Å². The number of halogens is 2. The Morgan fingerprint density at radius 1 is 1.50 bits per heavy atom. The average molecular weight is 385 g/mol. The van der Waals surface area contributed by atoms with E-state index in [0.29, 0.717) is 11.4 Å². The molecule has 5 nitrogen and oxygen atoms in total. The summed E-state index contributed by atoms with van der Waals surface area (Å²) in [5, 5.41) is 9.52. The van der Waals surface area contributed by atoms with Crippen molar-refractivity contribution in [2.45, 2.75) is 31.2 Å². The van der Waals surface area contributed by atoms with Crippen LogP contribution in [0.5, 0.6) is 0 Å². The minimum Gasteiger partial charge on any atom is -0.480 e. The molecule has 112 valence electrons. The summed E-state index contributed by atoms with van der Waals surface area (Å²) in [5.41, 5.74) is 0. The van der Waals surface area contributed by atoms with E-state index in [-0.39, 0.29) is 15.3 Å². The Hall–Kier alpha value is -0.630. The van der Waals surface area contributed by atoms with Gasteiger partial charge in [0.15, 0.2) is 0 Å². The van der Waals surface area contributed by atoms with Crippen molar-refractivity contribution in [3.63, 3.8) is 0 Å². The SMILES string of the molecule is CC[C@H](C)[C@H](NS(=O)(=O)c1ccc(Cl)cc1Br)C(=O)O. The molecule has 8 heteroatoms. The lowest BCUT2D eigenvalue weighted by Crippen LogP contribution is -2.44. The van der Waals surface area contributed by atoms with Crippen LogP contribution in [0.15, 0.2) is 27.6 Å². The molecule has 0 aliphatic heterocycles. The molecule has 0 saturated carbocycles. The topological polar surface area (TPSA) is 83.5 Å². The lowest BCUT2D eigenvalue weighted by Gasteiger charge is -2.20. The van der Waals surface area contributed by atoms with Gasteiger partial charge in [-0.25, -0.2) is 8.42 Å². The highest BCUT2D eigenvalue weighted by atomic mass is 79.9. The van der Waals surface area contributed by atoms with Crippen LogP contribution in [0.4, 0.5) is 0 Å². The summed E-state index contributed by atoms with van der Waals surface area (Å²) in [4.78, 5) is 11.1. The van der Waals surface area contributed by atoms with Crippen molar-refractivity contribution < 1.29 is 18.3 Å². The molecule has 0 unspecified atom stereocenters. The number of carboxylic acid groups (broad SMARTS) is 1. The van der Waals surface area contributed by atoms with E-state index in [2.05, 4.69) is 20.7 Å². The molecule has 0 radical (unpaired) electrons. The maximum atomic E-state index is 12.3. The number of hydrogen-bond donors (Lipinski definition) is 2. The van der Waals surface area contributed by atoms with Crippen LogP contribution in [0.2, 0.25) is 5.02 Å². The van der Waals surface area contributed by atoms with Gasteiger partial charge in [-0.3, -0.25) is 4.79 Å². The van der Waals surface area contributed by atoms with Gasteiger partial charge in [-0.1, -0.05) is 31.9 Å². The number of hydrogen-bond acceptors (Lipinski definition) is 3. The lowest BCUT2D eigenvalue weighted by atomic mass is 10.0. The fraction of sp³-hybridized carbons (Fsp3) is 0.417. The zero-order valence-corrected chi connectivity index (χ0v) is 14.1. The summed E-state index contributed by atoms with van der Waals surface area (Å²) >= 11 is 8.87. The van der Waals surface area contributed by atoms with Crippen LogP contribution >= 0.6 is 27.5 Å². The highest BCUT2D eigenvalue weighted by molar-refractivity contribution is 9.10. The second-order valence-corrected chi connectivity index (χ2v) is 7.37. The van der Waals surface area contributed by atoms with E-state index in [1.54, 1.807) is 13.8 Å². The monoisotopic (exact) mass is 383 g/mol. The molecule has 0 aliphatic rings. The molecule has 1 rings (SSSR count). The van der Waals surface area contributed by atoms with E-state index in [4.69, 9.17) is 16.7 Å². The van der Waals surface area contributed by atoms with Crippen LogP contribution in [0.1, 0.15) is 20.3 Å². The molecule has 0 heterocycles. The van der Waals surface area contributed by atoms with Gasteiger partial charge in [0.25, 0.3) is 0 Å². The first kappa shape index (κ1) is 17.4. The number of sulfonamides is 1. The van der Waals surface area contributed by atoms with Gasteiger partial charge in [0.05, 0.1) is 4.90 Å². The number of rotatable bonds is 6. The Balaban J connectivity index is 3.13. The molecule has 1 aromatic rings. The number of carboxylic acids is 1. The third kappa shape index (κ3) is 4.18. The summed E-state index contributed by atoms with van der Waals surface area (Å²) in [5.74, 6) is -1.53. The van der Waals surface area contributed by atoms with E-state index >= 15 is 0 Å². The van der Waals surface area contributed by atoms with Crippen molar-refractivity contribution in [1.82, 2.24) is 4.72 Å². The minimum atomic E-state index is -3.94. The standard InChI is InChI=1S/C12H15BrClNO4S/c1-3-7(2)11(12(16)17)15-20(18,19)10-5-4-8(14)6-9(10)13/h4-7,11,15H,3H2,1-2H3,(H,16,17)/t7-,11-/m0/s1. The number of nitrogens with one attached hydrogen (secondary N) is 1. The van der Waals surface area contributed by atoms with Crippen molar-refractivity contribution in [2.75, 3.05) is 0 Å². The summed E-state index contributed by atoms with van der Waals surface area (Å²) in [6, 6.07) is 3.02. The quantitative estimate of drug-likeness (QED) is 0.790. The Labute approximate surface area is 131 Å². The van der Waals surface area contributed by atoms with Gasteiger partial charge in [-0.15, -0.1) is 0 Å². The molecule has 0 amide bonds. The molecule has 1 aromatic carbocycles. The molecule has 20 heavy (non-hydrogen) atoms. The fourth-order valence-electron chi connectivity index (χ4n) is 1.57. The predicted octanol–water partition coefficient (Wildman–Crippen LogP) is 2.88. The first-order valence-electron chi connectivity index (χ1n) is 5.89. The molecule has 2 N–H and O–H groups in total. The predicted molar refractivity (Wildman–Crippen MR) is 80.4 cm³/mol. The molecular weight excluding hydrogens is 370 g/mol. The van der Waals surface area contributed by atoms with Crippen LogP contribution in [-0.4, -0.2) is 25.5 Å². The van der Waals surface area contributed by atoms with E-state index in [1.165, 1.54) is 18.2 Å². The van der Waals surface area contributed by atoms with Crippen LogP contribution < -0.4 is 4.72 Å². The molecule has 0 fully saturated rings. The van der Waals surface area contributed by atoms with Gasteiger partial charge in [-0.05, 0) is 40.0 Å². The van der Waals surface area contributed by atoms with E-state index in [1.807, 2.05) is 0 Å². The van der Waals surface area contributed by atoms with Crippen molar-refractivity contribution in [2.24, 2.45) is 5.92 Å². The summed E-state index contributed by atoms with van der Waals surface area (Å²) in [6.07, 6.45) is 0.543. The molecule has 0 saturated heterocycles. The highest BCUT2D eigenvalue weighted by Gasteiger charge is 2.30. The van der Waals surface area contributed by atoms with Gasteiger partial charge in [-0.2, -0.15) is 4.72 Å². The molecule has 0 aromatic heterocycles. The van der Waals surface area contributed by atoms with E-state index < -0.39 is 22.0 Å². The number of benzene rings is 1. The zero-order chi connectivity index (χ0) is 15.5. The van der Waals surface area contributed by atoms with E-state index in [0.717, 1.165) is 0 Å². The van der Waals surface area contributed by atoms with Gasteiger partial charge in [0, 0.05) is 9.50 Å². The van der Waals surface area contributed by atoms with Crippen LogP contribution in [0, 0.1) is 5.92 Å². The smallest absolute Gasteiger partial charge is 0.322 e. The molecular formula is C12H15BrClNO4S. The minimum absolute atomic E-state index is 0.0450. The normalized spacial score (nSPS) is 14.8. The Morgan fingerprint density at radius 2 is 2.10 bits per heavy atom. The fourth-order valence-corrected chi connectivity index (χ4v) is 4.25. The van der Waals surface area contributed by atoms with Gasteiger partial charge < -0.3 is 5.11 Å². The van der Waals surface area contributed by atoms with Crippen molar-refractivity contribution in [1.29, 1.82) is 0 Å². The lowest BCUT2D eigenvalue weighted by molar-refractivity contribution is -0.140. The van der Waals surface area contributed by atoms with Gasteiger partial charge in [0.1, 0.15) is 6.04 Å². The van der Waals surface area contributed by atoms with Gasteiger partial charge >= 0.3 is 5.97 Å². The Bertz CT molecular complexity index is 605. The highest BCUT2D eigenvalue weighted by Crippen LogP contribution is 2.26. The number of carbonyl (C=O) groups is 1. The molecule has 0 bridgehead atoms. The molecule has 0 aliphatic carbocycles. The van der Waals surface area contributed by atoms with E-state index in [9.17, 15) is 13.2 Å². The van der Waals surface area contributed by atoms with Crippen LogP contribution in [0.25, 0.3) is 0 Å². The third-order valence-electron chi connectivity index (χ3n) is 2.94. The average Bonchev–Trinajstić information content (AvgIpc) is 2.34. The first-order valence-corrected chi connectivity index (χ1v) is 8.54.